The van der Waals surface area contributed by atoms with E-state index in [-0.39, 0.29) is 13.0 Å². The number of carbonyl (C=O) groups is 1. The van der Waals surface area contributed by atoms with Gasteiger partial charge in [-0.2, -0.15) is 4.31 Å². The van der Waals surface area contributed by atoms with Crippen molar-refractivity contribution < 1.29 is 18.3 Å². The molecule has 2 rings (SSSR count). The lowest BCUT2D eigenvalue weighted by Gasteiger charge is -2.19. The van der Waals surface area contributed by atoms with Crippen LogP contribution in [0.15, 0.2) is 36.4 Å². The second-order valence-electron chi connectivity index (χ2n) is 6.39. The summed E-state index contributed by atoms with van der Waals surface area (Å²) in [5, 5.41) is 8.86. The highest BCUT2D eigenvalue weighted by molar-refractivity contribution is 7.88. The van der Waals surface area contributed by atoms with E-state index in [4.69, 9.17) is 5.11 Å². The summed E-state index contributed by atoms with van der Waals surface area (Å²) >= 11 is 1.34. The summed E-state index contributed by atoms with van der Waals surface area (Å²) in [4.78, 5) is 12.4. The molecule has 0 amide bonds. The zero-order valence-corrected chi connectivity index (χ0v) is 16.8. The van der Waals surface area contributed by atoms with Crippen molar-refractivity contribution in [3.05, 3.63) is 57.3 Å². The molecule has 26 heavy (non-hydrogen) atoms. The van der Waals surface area contributed by atoms with Gasteiger partial charge in [-0.3, -0.25) is 4.79 Å². The van der Waals surface area contributed by atoms with Crippen LogP contribution < -0.4 is 0 Å². The number of carboxylic acid groups (broad SMARTS) is 1. The highest BCUT2D eigenvalue weighted by atomic mass is 32.2. The van der Waals surface area contributed by atoms with E-state index in [1.165, 1.54) is 27.5 Å². The van der Waals surface area contributed by atoms with E-state index in [9.17, 15) is 13.2 Å². The predicted octanol–water partition coefficient (Wildman–Crippen LogP) is 3.68. The lowest BCUT2D eigenvalue weighted by Crippen LogP contribution is -2.28. The van der Waals surface area contributed by atoms with Crippen molar-refractivity contribution in [1.82, 2.24) is 4.31 Å². The van der Waals surface area contributed by atoms with Gasteiger partial charge in [-0.15, -0.1) is 11.3 Å². The normalized spacial score (nSPS) is 11.8. The second kappa shape index (κ2) is 9.30. The van der Waals surface area contributed by atoms with Crippen LogP contribution in [0.4, 0.5) is 0 Å². The zero-order valence-electron chi connectivity index (χ0n) is 15.1. The van der Waals surface area contributed by atoms with Gasteiger partial charge < -0.3 is 5.11 Å². The van der Waals surface area contributed by atoms with Crippen LogP contribution in [0.25, 0.3) is 0 Å². The summed E-state index contributed by atoms with van der Waals surface area (Å²) in [6, 6.07) is 11.6. The Morgan fingerprint density at radius 3 is 2.23 bits per heavy atom. The van der Waals surface area contributed by atoms with Gasteiger partial charge in [0.05, 0.1) is 12.7 Å². The van der Waals surface area contributed by atoms with Crippen LogP contribution in [-0.4, -0.2) is 30.1 Å². The number of thiophene rings is 1. The first-order valence-electron chi connectivity index (χ1n) is 8.60. The van der Waals surface area contributed by atoms with E-state index in [1.807, 2.05) is 12.1 Å². The molecule has 5 nitrogen and oxygen atoms in total. The molecule has 0 aliphatic heterocycles. The summed E-state index contributed by atoms with van der Waals surface area (Å²) < 4.78 is 25.8. The number of unbranched alkanes of at least 4 members (excludes halogenated alkanes) is 1. The molecule has 1 aromatic heterocycles. The Labute approximate surface area is 159 Å². The molecule has 0 fully saturated rings. The number of rotatable bonds is 10. The first-order chi connectivity index (χ1) is 12.3. The fourth-order valence-corrected chi connectivity index (χ4v) is 4.48. The summed E-state index contributed by atoms with van der Waals surface area (Å²) in [6.07, 6.45) is 4.49. The third kappa shape index (κ3) is 6.55. The Hall–Kier alpha value is -1.70. The molecule has 0 saturated heterocycles. The number of aryl methyl sites for hydroxylation is 1. The number of benzene rings is 1. The summed E-state index contributed by atoms with van der Waals surface area (Å²) in [5.41, 5.74) is 2.20. The number of aliphatic carboxylic acids is 1. The Morgan fingerprint density at radius 2 is 1.65 bits per heavy atom. The maximum absolute atomic E-state index is 12.2. The lowest BCUT2D eigenvalue weighted by molar-refractivity contribution is -0.136. The van der Waals surface area contributed by atoms with Crippen molar-refractivity contribution in [2.45, 2.75) is 45.7 Å². The van der Waals surface area contributed by atoms with E-state index in [0.717, 1.165) is 34.6 Å². The molecule has 0 saturated carbocycles. The molecular formula is C19H25NO4S2. The minimum Gasteiger partial charge on any atom is -0.481 e. The van der Waals surface area contributed by atoms with Gasteiger partial charge in [0.1, 0.15) is 0 Å². The Balaban J connectivity index is 2.08. The van der Waals surface area contributed by atoms with E-state index in [0.29, 0.717) is 6.54 Å². The van der Waals surface area contributed by atoms with Gasteiger partial charge >= 0.3 is 5.97 Å². The van der Waals surface area contributed by atoms with Crippen molar-refractivity contribution in [2.75, 3.05) is 6.26 Å². The summed E-state index contributed by atoms with van der Waals surface area (Å²) in [5.74, 6) is -0.887. The summed E-state index contributed by atoms with van der Waals surface area (Å²) in [7, 11) is -3.38. The number of sulfonamides is 1. The molecule has 0 unspecified atom stereocenters. The highest BCUT2D eigenvalue weighted by Gasteiger charge is 2.19. The number of hydrogen-bond donors (Lipinski definition) is 1. The molecule has 0 radical (unpaired) electrons. The largest absolute Gasteiger partial charge is 0.481 e. The van der Waals surface area contributed by atoms with Crippen LogP contribution in [0.3, 0.4) is 0 Å². The Kier molecular flexibility index (Phi) is 7.37. The van der Waals surface area contributed by atoms with Gasteiger partial charge in [0.15, 0.2) is 0 Å². The van der Waals surface area contributed by atoms with Crippen LogP contribution in [0.1, 0.15) is 40.6 Å². The van der Waals surface area contributed by atoms with E-state index in [1.54, 1.807) is 12.1 Å². The number of carboxylic acids is 1. The molecule has 0 aliphatic carbocycles. The van der Waals surface area contributed by atoms with E-state index < -0.39 is 16.0 Å². The maximum Gasteiger partial charge on any atom is 0.308 e. The Bertz CT molecular complexity index is 825. The van der Waals surface area contributed by atoms with Crippen LogP contribution >= 0.6 is 11.3 Å². The first kappa shape index (κ1) is 20.6. The van der Waals surface area contributed by atoms with Crippen LogP contribution in [-0.2, 0) is 40.7 Å². The van der Waals surface area contributed by atoms with Crippen molar-refractivity contribution in [3.63, 3.8) is 0 Å². The standard InChI is InChI=1S/C19H25NO4S2/c1-3-4-5-15-6-8-16(9-7-15)13-20(26(2,23)24)14-18-11-10-17(25-18)12-19(21)22/h6-11H,3-5,12-14H2,1-2H3,(H,21,22). The molecule has 1 N–H and O–H groups in total. The quantitative estimate of drug-likeness (QED) is 0.666. The van der Waals surface area contributed by atoms with Crippen LogP contribution in [0.2, 0.25) is 0 Å². The second-order valence-corrected chi connectivity index (χ2v) is 9.62. The van der Waals surface area contributed by atoms with Gasteiger partial charge in [-0.05, 0) is 36.1 Å². The van der Waals surface area contributed by atoms with Gasteiger partial charge in [0.2, 0.25) is 10.0 Å². The molecule has 1 heterocycles. The van der Waals surface area contributed by atoms with Gasteiger partial charge in [-0.1, -0.05) is 37.6 Å². The monoisotopic (exact) mass is 395 g/mol. The van der Waals surface area contributed by atoms with Crippen LogP contribution in [0.5, 0.6) is 0 Å². The average molecular weight is 396 g/mol. The molecule has 0 aliphatic rings. The van der Waals surface area contributed by atoms with Crippen molar-refractivity contribution in [2.24, 2.45) is 0 Å². The molecule has 1 aromatic carbocycles. The van der Waals surface area contributed by atoms with Crippen LogP contribution in [0, 0.1) is 0 Å². The average Bonchev–Trinajstić information content (AvgIpc) is 2.99. The van der Waals surface area contributed by atoms with Crippen molar-refractivity contribution in [3.8, 4) is 0 Å². The molecule has 2 aromatic rings. The van der Waals surface area contributed by atoms with Gasteiger partial charge in [0, 0.05) is 22.8 Å². The topological polar surface area (TPSA) is 74.7 Å². The van der Waals surface area contributed by atoms with E-state index in [2.05, 4.69) is 19.1 Å². The molecular weight excluding hydrogens is 370 g/mol. The zero-order chi connectivity index (χ0) is 19.2. The fraction of sp³-hybridized carbons (Fsp3) is 0.421. The van der Waals surface area contributed by atoms with Crippen molar-refractivity contribution >= 4 is 27.3 Å². The third-order valence-corrected chi connectivity index (χ3v) is 6.31. The van der Waals surface area contributed by atoms with Crippen molar-refractivity contribution in [1.29, 1.82) is 0 Å². The molecule has 0 bridgehead atoms. The Morgan fingerprint density at radius 1 is 1.04 bits per heavy atom. The van der Waals surface area contributed by atoms with Gasteiger partial charge in [-0.25, -0.2) is 8.42 Å². The van der Waals surface area contributed by atoms with E-state index >= 15 is 0 Å². The third-order valence-electron chi connectivity index (χ3n) is 4.04. The SMILES string of the molecule is CCCCc1ccc(CN(Cc2ccc(CC(=O)O)s2)S(C)(=O)=O)cc1. The molecule has 7 heteroatoms. The first-order valence-corrected chi connectivity index (χ1v) is 11.3. The molecule has 0 atom stereocenters. The molecule has 0 spiro atoms. The predicted molar refractivity (Wildman–Crippen MR) is 105 cm³/mol. The minimum atomic E-state index is -3.38. The number of nitrogens with zero attached hydrogens (tertiary/aromatic N) is 1. The maximum atomic E-state index is 12.2. The highest BCUT2D eigenvalue weighted by Crippen LogP contribution is 2.21. The smallest absolute Gasteiger partial charge is 0.308 e. The fourth-order valence-electron chi connectivity index (χ4n) is 2.61. The minimum absolute atomic E-state index is 0.0389. The molecule has 142 valence electrons. The number of hydrogen-bond acceptors (Lipinski definition) is 4. The summed E-state index contributed by atoms with van der Waals surface area (Å²) in [6.45, 7) is 2.71. The lowest BCUT2D eigenvalue weighted by atomic mass is 10.1. The van der Waals surface area contributed by atoms with Gasteiger partial charge in [0.25, 0.3) is 0 Å².